The number of rotatable bonds is 4. The lowest BCUT2D eigenvalue weighted by Crippen LogP contribution is -2.33. The highest BCUT2D eigenvalue weighted by Gasteiger charge is 2.31. The summed E-state index contributed by atoms with van der Waals surface area (Å²) in [6.45, 7) is 2.26. The molecule has 0 saturated heterocycles. The summed E-state index contributed by atoms with van der Waals surface area (Å²) in [5, 5.41) is 0. The summed E-state index contributed by atoms with van der Waals surface area (Å²) in [7, 11) is 0. The fraction of sp³-hybridized carbons (Fsp3) is 0.667. The topological polar surface area (TPSA) is 63.8 Å². The van der Waals surface area contributed by atoms with Crippen LogP contribution in [-0.2, 0) is 0 Å². The van der Waals surface area contributed by atoms with E-state index in [4.69, 9.17) is 5.84 Å². The summed E-state index contributed by atoms with van der Waals surface area (Å²) in [4.78, 5) is 8.45. The quantitative estimate of drug-likeness (QED) is 0.600. The second-order valence-corrected chi connectivity index (χ2v) is 4.62. The first-order chi connectivity index (χ1) is 7.85. The SMILES string of the molecule is CCC1CCC(C(NN)c2cnccn2)C1. The van der Waals surface area contributed by atoms with E-state index in [1.807, 2.05) is 6.20 Å². The number of nitrogens with zero attached hydrogens (tertiary/aromatic N) is 2. The first-order valence-corrected chi connectivity index (χ1v) is 6.07. The van der Waals surface area contributed by atoms with Gasteiger partial charge in [-0.3, -0.25) is 21.2 Å². The number of hydrogen-bond acceptors (Lipinski definition) is 4. The van der Waals surface area contributed by atoms with Gasteiger partial charge >= 0.3 is 0 Å². The van der Waals surface area contributed by atoms with Gasteiger partial charge in [0.2, 0.25) is 0 Å². The minimum atomic E-state index is 0.158. The van der Waals surface area contributed by atoms with Crippen LogP contribution in [0.3, 0.4) is 0 Å². The molecule has 0 aromatic carbocycles. The molecule has 3 N–H and O–H groups in total. The Morgan fingerprint density at radius 2 is 2.38 bits per heavy atom. The molecule has 1 aliphatic rings. The number of nitrogens with one attached hydrogen (secondary N) is 1. The Hall–Kier alpha value is -1.00. The van der Waals surface area contributed by atoms with E-state index in [0.29, 0.717) is 5.92 Å². The van der Waals surface area contributed by atoms with Crippen LogP contribution in [0.4, 0.5) is 0 Å². The molecular formula is C12H20N4. The van der Waals surface area contributed by atoms with Gasteiger partial charge in [-0.25, -0.2) is 0 Å². The fourth-order valence-electron chi connectivity index (χ4n) is 2.72. The van der Waals surface area contributed by atoms with Crippen molar-refractivity contribution in [2.75, 3.05) is 0 Å². The molecule has 1 aliphatic carbocycles. The van der Waals surface area contributed by atoms with E-state index >= 15 is 0 Å². The lowest BCUT2D eigenvalue weighted by molar-refractivity contribution is 0.351. The summed E-state index contributed by atoms with van der Waals surface area (Å²) in [6, 6.07) is 0.158. The molecule has 88 valence electrons. The van der Waals surface area contributed by atoms with Gasteiger partial charge in [0, 0.05) is 12.4 Å². The smallest absolute Gasteiger partial charge is 0.0772 e. The Balaban J connectivity index is 2.06. The summed E-state index contributed by atoms with van der Waals surface area (Å²) in [6.07, 6.45) is 10.3. The van der Waals surface area contributed by atoms with Crippen molar-refractivity contribution in [3.63, 3.8) is 0 Å². The van der Waals surface area contributed by atoms with Gasteiger partial charge in [-0.1, -0.05) is 19.8 Å². The zero-order chi connectivity index (χ0) is 11.4. The second-order valence-electron chi connectivity index (χ2n) is 4.62. The molecule has 1 aromatic heterocycles. The lowest BCUT2D eigenvalue weighted by atomic mass is 9.94. The molecule has 0 amide bonds. The van der Waals surface area contributed by atoms with E-state index in [-0.39, 0.29) is 6.04 Å². The van der Waals surface area contributed by atoms with Crippen LogP contribution in [0.15, 0.2) is 18.6 Å². The normalized spacial score (nSPS) is 26.9. The highest BCUT2D eigenvalue weighted by Crippen LogP contribution is 2.39. The van der Waals surface area contributed by atoms with Gasteiger partial charge in [0.05, 0.1) is 17.9 Å². The van der Waals surface area contributed by atoms with Crippen molar-refractivity contribution in [2.45, 2.75) is 38.6 Å². The van der Waals surface area contributed by atoms with Crippen LogP contribution < -0.4 is 11.3 Å². The highest BCUT2D eigenvalue weighted by molar-refractivity contribution is 5.05. The van der Waals surface area contributed by atoms with Gasteiger partial charge in [0.15, 0.2) is 0 Å². The molecule has 4 nitrogen and oxygen atoms in total. The molecule has 0 aliphatic heterocycles. The average Bonchev–Trinajstić information content (AvgIpc) is 2.80. The van der Waals surface area contributed by atoms with Gasteiger partial charge in [-0.05, 0) is 24.7 Å². The van der Waals surface area contributed by atoms with Crippen molar-refractivity contribution in [1.29, 1.82) is 0 Å². The van der Waals surface area contributed by atoms with Crippen molar-refractivity contribution in [3.05, 3.63) is 24.3 Å². The van der Waals surface area contributed by atoms with Crippen LogP contribution in [0, 0.1) is 11.8 Å². The van der Waals surface area contributed by atoms with Gasteiger partial charge in [0.1, 0.15) is 0 Å². The van der Waals surface area contributed by atoms with Crippen molar-refractivity contribution in [2.24, 2.45) is 17.7 Å². The van der Waals surface area contributed by atoms with E-state index in [1.165, 1.54) is 25.7 Å². The van der Waals surface area contributed by atoms with E-state index in [0.717, 1.165) is 11.6 Å². The molecular weight excluding hydrogens is 200 g/mol. The maximum absolute atomic E-state index is 5.65. The largest absolute Gasteiger partial charge is 0.271 e. The summed E-state index contributed by atoms with van der Waals surface area (Å²) < 4.78 is 0. The fourth-order valence-corrected chi connectivity index (χ4v) is 2.72. The molecule has 0 radical (unpaired) electrons. The first kappa shape index (κ1) is 11.5. The maximum atomic E-state index is 5.65. The van der Waals surface area contributed by atoms with Crippen LogP contribution in [0.2, 0.25) is 0 Å². The molecule has 1 aromatic rings. The monoisotopic (exact) mass is 220 g/mol. The van der Waals surface area contributed by atoms with E-state index in [2.05, 4.69) is 22.3 Å². The molecule has 4 heteroatoms. The molecule has 1 saturated carbocycles. The second kappa shape index (κ2) is 5.37. The molecule has 3 atom stereocenters. The zero-order valence-corrected chi connectivity index (χ0v) is 9.76. The number of hydrazine groups is 1. The third kappa shape index (κ3) is 2.39. The number of aromatic nitrogens is 2. The minimum Gasteiger partial charge on any atom is -0.271 e. The number of nitrogens with two attached hydrogens (primary N) is 1. The third-order valence-corrected chi connectivity index (χ3v) is 3.71. The van der Waals surface area contributed by atoms with Crippen LogP contribution in [0.5, 0.6) is 0 Å². The molecule has 1 heterocycles. The van der Waals surface area contributed by atoms with Gasteiger partial charge < -0.3 is 0 Å². The highest BCUT2D eigenvalue weighted by atomic mass is 15.2. The Labute approximate surface area is 96.6 Å². The van der Waals surface area contributed by atoms with E-state index in [9.17, 15) is 0 Å². The predicted molar refractivity (Wildman–Crippen MR) is 63.2 cm³/mol. The van der Waals surface area contributed by atoms with Crippen LogP contribution in [-0.4, -0.2) is 9.97 Å². The van der Waals surface area contributed by atoms with E-state index < -0.39 is 0 Å². The standard InChI is InChI=1S/C12H20N4/c1-2-9-3-4-10(7-9)12(16-13)11-8-14-5-6-15-11/h5-6,8-10,12,16H,2-4,7,13H2,1H3. The van der Waals surface area contributed by atoms with Crippen LogP contribution >= 0.6 is 0 Å². The van der Waals surface area contributed by atoms with Gasteiger partial charge in [-0.15, -0.1) is 0 Å². The molecule has 1 fully saturated rings. The third-order valence-electron chi connectivity index (χ3n) is 3.71. The summed E-state index contributed by atoms with van der Waals surface area (Å²) in [5.41, 5.74) is 3.87. The molecule has 0 bridgehead atoms. The van der Waals surface area contributed by atoms with E-state index in [1.54, 1.807) is 12.4 Å². The molecule has 2 rings (SSSR count). The molecule has 3 unspecified atom stereocenters. The van der Waals surface area contributed by atoms with Crippen LogP contribution in [0.25, 0.3) is 0 Å². The van der Waals surface area contributed by atoms with Crippen molar-refractivity contribution < 1.29 is 0 Å². The lowest BCUT2D eigenvalue weighted by Gasteiger charge is -2.21. The van der Waals surface area contributed by atoms with Crippen LogP contribution in [0.1, 0.15) is 44.3 Å². The molecule has 16 heavy (non-hydrogen) atoms. The Bertz CT molecular complexity index is 314. The Morgan fingerprint density at radius 1 is 1.50 bits per heavy atom. The predicted octanol–water partition coefficient (Wildman–Crippen LogP) is 1.81. The van der Waals surface area contributed by atoms with Crippen molar-refractivity contribution in [3.8, 4) is 0 Å². The minimum absolute atomic E-state index is 0.158. The Kier molecular flexibility index (Phi) is 3.85. The Morgan fingerprint density at radius 3 is 2.94 bits per heavy atom. The van der Waals surface area contributed by atoms with Crippen molar-refractivity contribution >= 4 is 0 Å². The number of hydrogen-bond donors (Lipinski definition) is 2. The van der Waals surface area contributed by atoms with Gasteiger partial charge in [0.25, 0.3) is 0 Å². The van der Waals surface area contributed by atoms with Crippen molar-refractivity contribution in [1.82, 2.24) is 15.4 Å². The first-order valence-electron chi connectivity index (χ1n) is 6.07. The van der Waals surface area contributed by atoms with Gasteiger partial charge in [-0.2, -0.15) is 0 Å². The summed E-state index contributed by atoms with van der Waals surface area (Å²) in [5.74, 6) is 7.12. The summed E-state index contributed by atoms with van der Waals surface area (Å²) >= 11 is 0. The molecule has 0 spiro atoms. The zero-order valence-electron chi connectivity index (χ0n) is 9.76. The maximum Gasteiger partial charge on any atom is 0.0772 e. The average molecular weight is 220 g/mol.